The van der Waals surface area contributed by atoms with Crippen molar-refractivity contribution in [2.45, 2.75) is 45.1 Å². The summed E-state index contributed by atoms with van der Waals surface area (Å²) >= 11 is 0. The summed E-state index contributed by atoms with van der Waals surface area (Å²) in [6.45, 7) is 6.59. The molecule has 29 heavy (non-hydrogen) atoms. The summed E-state index contributed by atoms with van der Waals surface area (Å²) in [5.41, 5.74) is 7.57. The summed E-state index contributed by atoms with van der Waals surface area (Å²) < 4.78 is 12.0. The van der Waals surface area contributed by atoms with E-state index in [1.54, 1.807) is 9.58 Å². The van der Waals surface area contributed by atoms with Crippen LogP contribution in [0.15, 0.2) is 30.3 Å². The molecular weight excluding hydrogens is 372 g/mol. The first-order chi connectivity index (χ1) is 13.7. The molecule has 2 heterocycles. The van der Waals surface area contributed by atoms with Gasteiger partial charge in [-0.25, -0.2) is 14.3 Å². The Morgan fingerprint density at radius 1 is 1.14 bits per heavy atom. The van der Waals surface area contributed by atoms with Gasteiger partial charge in [0.1, 0.15) is 11.4 Å². The Bertz CT molecular complexity index is 878. The second-order valence-electron chi connectivity index (χ2n) is 8.13. The molecule has 1 fully saturated rings. The van der Waals surface area contributed by atoms with E-state index in [0.29, 0.717) is 37.3 Å². The molecule has 156 valence electrons. The number of likely N-dealkylation sites (tertiary alicyclic amines) is 1. The monoisotopic (exact) mass is 400 g/mol. The van der Waals surface area contributed by atoms with Crippen molar-refractivity contribution in [1.82, 2.24) is 14.7 Å². The van der Waals surface area contributed by atoms with E-state index in [4.69, 9.17) is 15.2 Å². The van der Waals surface area contributed by atoms with E-state index in [2.05, 4.69) is 5.10 Å². The second kappa shape index (κ2) is 8.14. The number of benzene rings is 1. The van der Waals surface area contributed by atoms with E-state index in [9.17, 15) is 9.59 Å². The number of esters is 1. The lowest BCUT2D eigenvalue weighted by molar-refractivity contribution is 0.0204. The van der Waals surface area contributed by atoms with E-state index in [-0.39, 0.29) is 17.7 Å². The zero-order valence-electron chi connectivity index (χ0n) is 17.3. The quantitative estimate of drug-likeness (QED) is 0.793. The first-order valence-corrected chi connectivity index (χ1v) is 9.71. The second-order valence-corrected chi connectivity index (χ2v) is 8.13. The lowest BCUT2D eigenvalue weighted by atomic mass is 9.89. The van der Waals surface area contributed by atoms with E-state index >= 15 is 0 Å². The maximum absolute atomic E-state index is 12.4. The number of aromatic nitrogens is 2. The van der Waals surface area contributed by atoms with Crippen LogP contribution in [0.4, 0.5) is 10.6 Å². The normalized spacial score (nSPS) is 15.2. The van der Waals surface area contributed by atoms with Crippen LogP contribution in [0.5, 0.6) is 0 Å². The summed E-state index contributed by atoms with van der Waals surface area (Å²) in [5, 5.41) is 4.44. The number of nitrogens with zero attached hydrogens (tertiary/aromatic N) is 3. The molecule has 0 aliphatic carbocycles. The smallest absolute Gasteiger partial charge is 0.410 e. The zero-order valence-corrected chi connectivity index (χ0v) is 17.3. The number of anilines is 1. The van der Waals surface area contributed by atoms with Crippen molar-refractivity contribution in [2.75, 3.05) is 25.9 Å². The van der Waals surface area contributed by atoms with E-state index < -0.39 is 11.6 Å². The van der Waals surface area contributed by atoms with Crippen molar-refractivity contribution < 1.29 is 19.1 Å². The number of hydrogen-bond acceptors (Lipinski definition) is 6. The summed E-state index contributed by atoms with van der Waals surface area (Å²) in [6, 6.07) is 9.41. The van der Waals surface area contributed by atoms with Gasteiger partial charge in [-0.3, -0.25) is 0 Å². The molecule has 3 rings (SSSR count). The predicted octanol–water partition coefficient (Wildman–Crippen LogP) is 3.36. The van der Waals surface area contributed by atoms with Crippen molar-refractivity contribution in [3.8, 4) is 5.69 Å². The lowest BCUT2D eigenvalue weighted by Crippen LogP contribution is -2.41. The Kier molecular flexibility index (Phi) is 5.81. The number of hydrogen-bond donors (Lipinski definition) is 1. The molecule has 2 N–H and O–H groups in total. The van der Waals surface area contributed by atoms with Crippen molar-refractivity contribution in [2.24, 2.45) is 0 Å². The summed E-state index contributed by atoms with van der Waals surface area (Å²) in [5.74, 6) is -0.0940. The van der Waals surface area contributed by atoms with Gasteiger partial charge in [-0.1, -0.05) is 18.2 Å². The molecule has 0 radical (unpaired) electrons. The van der Waals surface area contributed by atoms with Crippen LogP contribution in [0.1, 0.15) is 55.6 Å². The highest BCUT2D eigenvalue weighted by Gasteiger charge is 2.33. The third kappa shape index (κ3) is 4.52. The van der Waals surface area contributed by atoms with Gasteiger partial charge in [0.25, 0.3) is 0 Å². The Labute approximate surface area is 170 Å². The Hall–Kier alpha value is -3.03. The number of carbonyl (C=O) groups is 2. The maximum Gasteiger partial charge on any atom is 0.410 e. The first-order valence-electron chi connectivity index (χ1n) is 9.71. The number of methoxy groups -OCH3 is 1. The minimum absolute atomic E-state index is 0.000231. The zero-order chi connectivity index (χ0) is 21.2. The average Bonchev–Trinajstić information content (AvgIpc) is 3.04. The van der Waals surface area contributed by atoms with Gasteiger partial charge in [0, 0.05) is 18.7 Å². The van der Waals surface area contributed by atoms with Crippen LogP contribution in [0.2, 0.25) is 0 Å². The number of ether oxygens (including phenoxy) is 2. The molecule has 0 bridgehead atoms. The fourth-order valence-corrected chi connectivity index (χ4v) is 3.54. The fraction of sp³-hybridized carbons (Fsp3) is 0.476. The standard InChI is InChI=1S/C21H28N4O4/c1-21(2,3)29-20(27)24-12-10-14(11-13-24)16-17(19(26)28-4)23-25(18(16)22)15-8-6-5-7-9-15/h5-9,14H,10-13,22H2,1-4H3. The van der Waals surface area contributed by atoms with Gasteiger partial charge in [-0.15, -0.1) is 0 Å². The molecule has 0 saturated carbocycles. The van der Waals surface area contributed by atoms with E-state index in [1.165, 1.54) is 7.11 Å². The van der Waals surface area contributed by atoms with Gasteiger partial charge in [0.15, 0.2) is 5.69 Å². The molecular formula is C21H28N4O4. The molecule has 1 aliphatic rings. The molecule has 1 amide bonds. The van der Waals surface area contributed by atoms with Gasteiger partial charge in [0.05, 0.1) is 12.8 Å². The molecule has 1 aromatic carbocycles. The molecule has 0 spiro atoms. The Balaban J connectivity index is 1.85. The highest BCUT2D eigenvalue weighted by molar-refractivity contribution is 5.91. The van der Waals surface area contributed by atoms with Crippen LogP contribution >= 0.6 is 0 Å². The van der Waals surface area contributed by atoms with Gasteiger partial charge in [-0.05, 0) is 51.7 Å². The molecule has 8 nitrogen and oxygen atoms in total. The Morgan fingerprint density at radius 2 is 1.76 bits per heavy atom. The van der Waals surface area contributed by atoms with Crippen LogP contribution < -0.4 is 5.73 Å². The van der Waals surface area contributed by atoms with E-state index in [1.807, 2.05) is 51.1 Å². The van der Waals surface area contributed by atoms with Gasteiger partial charge < -0.3 is 20.1 Å². The molecule has 1 aliphatic heterocycles. The SMILES string of the molecule is COC(=O)c1nn(-c2ccccc2)c(N)c1C1CCN(C(=O)OC(C)(C)C)CC1. The summed E-state index contributed by atoms with van der Waals surface area (Å²) in [6.07, 6.45) is 0.999. The molecule has 8 heteroatoms. The maximum atomic E-state index is 12.4. The average molecular weight is 400 g/mol. The van der Waals surface area contributed by atoms with Crippen LogP contribution in [-0.4, -0.2) is 52.5 Å². The van der Waals surface area contributed by atoms with Crippen molar-refractivity contribution >= 4 is 17.9 Å². The van der Waals surface area contributed by atoms with Crippen LogP contribution in [0, 0.1) is 0 Å². The van der Waals surface area contributed by atoms with Gasteiger partial charge in [0.2, 0.25) is 0 Å². The highest BCUT2D eigenvalue weighted by Crippen LogP contribution is 2.36. The predicted molar refractivity (Wildman–Crippen MR) is 109 cm³/mol. The van der Waals surface area contributed by atoms with Crippen molar-refractivity contribution in [3.05, 3.63) is 41.6 Å². The summed E-state index contributed by atoms with van der Waals surface area (Å²) in [7, 11) is 1.33. The number of carbonyl (C=O) groups excluding carboxylic acids is 2. The van der Waals surface area contributed by atoms with Gasteiger partial charge in [-0.2, -0.15) is 5.10 Å². The third-order valence-corrected chi connectivity index (χ3v) is 4.89. The lowest BCUT2D eigenvalue weighted by Gasteiger charge is -2.33. The number of rotatable bonds is 3. The number of piperidine rings is 1. The largest absolute Gasteiger partial charge is 0.464 e. The molecule has 1 saturated heterocycles. The number of nitrogens with two attached hydrogens (primary N) is 1. The third-order valence-electron chi connectivity index (χ3n) is 4.89. The minimum Gasteiger partial charge on any atom is -0.464 e. The molecule has 0 atom stereocenters. The topological polar surface area (TPSA) is 99.7 Å². The van der Waals surface area contributed by atoms with Crippen LogP contribution in [0.25, 0.3) is 5.69 Å². The van der Waals surface area contributed by atoms with Crippen LogP contribution in [0.3, 0.4) is 0 Å². The van der Waals surface area contributed by atoms with E-state index in [0.717, 1.165) is 5.69 Å². The molecule has 0 unspecified atom stereocenters. The minimum atomic E-state index is -0.534. The first kappa shape index (κ1) is 20.7. The van der Waals surface area contributed by atoms with Crippen LogP contribution in [-0.2, 0) is 9.47 Å². The number of amides is 1. The number of nitrogen functional groups attached to an aromatic ring is 1. The van der Waals surface area contributed by atoms with Crippen molar-refractivity contribution in [1.29, 1.82) is 0 Å². The summed E-state index contributed by atoms with van der Waals surface area (Å²) in [4.78, 5) is 26.4. The highest BCUT2D eigenvalue weighted by atomic mass is 16.6. The Morgan fingerprint density at radius 3 is 2.31 bits per heavy atom. The molecule has 2 aromatic rings. The fourth-order valence-electron chi connectivity index (χ4n) is 3.54. The molecule has 1 aromatic heterocycles. The number of para-hydroxylation sites is 1. The van der Waals surface area contributed by atoms with Crippen molar-refractivity contribution in [3.63, 3.8) is 0 Å². The van der Waals surface area contributed by atoms with Gasteiger partial charge >= 0.3 is 12.1 Å².